The number of benzene rings is 1. The van der Waals surface area contributed by atoms with Gasteiger partial charge in [-0.05, 0) is 24.3 Å². The third-order valence-electron chi connectivity index (χ3n) is 3.82. The molecule has 0 saturated carbocycles. The van der Waals surface area contributed by atoms with Crippen LogP contribution in [0.3, 0.4) is 0 Å². The Hall–Kier alpha value is -2.20. The monoisotopic (exact) mass is 395 g/mol. The maximum Gasteiger partial charge on any atom is 0.547 e. The second-order valence-corrected chi connectivity index (χ2v) is 7.15. The molecule has 1 aromatic carbocycles. The molecule has 0 radical (unpaired) electrons. The fourth-order valence-corrected chi connectivity index (χ4v) is 2.82. The van der Waals surface area contributed by atoms with E-state index in [0.29, 0.717) is 12.0 Å². The predicted molar refractivity (Wildman–Crippen MR) is 100 cm³/mol. The molecule has 0 unspecified atom stereocenters. The lowest BCUT2D eigenvalue weighted by atomic mass is 9.72. The number of amides is 1. The van der Waals surface area contributed by atoms with Gasteiger partial charge in [0.15, 0.2) is 0 Å². The zero-order valence-electron chi connectivity index (χ0n) is 15.4. The zero-order valence-corrected chi connectivity index (χ0v) is 16.2. The number of carbonyl (C=O) groups is 3. The highest BCUT2D eigenvalue weighted by atomic mass is 32.2. The van der Waals surface area contributed by atoms with Crippen molar-refractivity contribution in [3.05, 3.63) is 29.3 Å². The molecule has 146 valence electrons. The third-order valence-corrected chi connectivity index (χ3v) is 4.37. The maximum atomic E-state index is 12.3. The van der Waals surface area contributed by atoms with Crippen molar-refractivity contribution in [2.24, 2.45) is 5.92 Å². The lowest BCUT2D eigenvalue weighted by Crippen LogP contribution is -2.53. The van der Waals surface area contributed by atoms with Crippen molar-refractivity contribution in [1.29, 1.82) is 0 Å². The number of thioether (sulfide) groups is 1. The van der Waals surface area contributed by atoms with E-state index in [0.717, 1.165) is 0 Å². The van der Waals surface area contributed by atoms with E-state index in [1.807, 2.05) is 0 Å². The van der Waals surface area contributed by atoms with E-state index in [2.05, 4.69) is 5.32 Å². The minimum atomic E-state index is -1.30. The van der Waals surface area contributed by atoms with E-state index < -0.39 is 31.8 Å². The Morgan fingerprint density at radius 2 is 2.11 bits per heavy atom. The summed E-state index contributed by atoms with van der Waals surface area (Å²) in [4.78, 5) is 35.4. The number of hydrogen-bond acceptors (Lipinski definition) is 8. The topological polar surface area (TPSA) is 111 Å². The van der Waals surface area contributed by atoms with Gasteiger partial charge in [-0.25, -0.2) is 4.79 Å². The average Bonchev–Trinajstić information content (AvgIpc) is 2.61. The molecule has 1 aliphatic rings. The summed E-state index contributed by atoms with van der Waals surface area (Å²) in [6, 6.07) is 4.88. The molecule has 0 saturated heterocycles. The fourth-order valence-electron chi connectivity index (χ4n) is 2.47. The smallest absolute Gasteiger partial charge is 0.534 e. The molecule has 8 nitrogen and oxygen atoms in total. The number of carbonyl (C=O) groups excluding carboxylic acids is 3. The molecule has 27 heavy (non-hydrogen) atoms. The number of nitrogens with one attached hydrogen (secondary N) is 1. The molecule has 1 atom stereocenters. The summed E-state index contributed by atoms with van der Waals surface area (Å²) in [5, 5.41) is 12.9. The summed E-state index contributed by atoms with van der Waals surface area (Å²) in [7, 11) is -1.30. The Labute approximate surface area is 162 Å². The highest BCUT2D eigenvalue weighted by molar-refractivity contribution is 7.99. The number of hydrogen-bond donors (Lipinski definition) is 2. The molecule has 1 aromatic rings. The molecular weight excluding hydrogens is 373 g/mol. The first-order chi connectivity index (χ1) is 12.8. The molecule has 2 N–H and O–H groups in total. The molecule has 0 fully saturated rings. The van der Waals surface area contributed by atoms with Gasteiger partial charge in [0.25, 0.3) is 0 Å². The van der Waals surface area contributed by atoms with Gasteiger partial charge in [-0.1, -0.05) is 26.0 Å². The van der Waals surface area contributed by atoms with Gasteiger partial charge < -0.3 is 24.5 Å². The lowest BCUT2D eigenvalue weighted by Gasteiger charge is -2.29. The van der Waals surface area contributed by atoms with Gasteiger partial charge in [0.2, 0.25) is 12.7 Å². The van der Waals surface area contributed by atoms with Crippen molar-refractivity contribution in [2.75, 3.05) is 18.8 Å². The van der Waals surface area contributed by atoms with Crippen molar-refractivity contribution in [3.63, 3.8) is 0 Å². The summed E-state index contributed by atoms with van der Waals surface area (Å²) in [6.45, 7) is 2.83. The molecule has 1 heterocycles. The summed E-state index contributed by atoms with van der Waals surface area (Å²) >= 11 is 1.37. The zero-order chi connectivity index (χ0) is 20.0. The van der Waals surface area contributed by atoms with Crippen LogP contribution in [-0.2, 0) is 25.5 Å². The van der Waals surface area contributed by atoms with Gasteiger partial charge in [0, 0.05) is 0 Å². The summed E-state index contributed by atoms with van der Waals surface area (Å²) < 4.78 is 15.2. The Morgan fingerprint density at radius 1 is 1.37 bits per heavy atom. The second kappa shape index (κ2) is 9.66. The van der Waals surface area contributed by atoms with E-state index in [4.69, 9.17) is 14.1 Å². The number of para-hydroxylation sites is 1. The lowest BCUT2D eigenvalue weighted by molar-refractivity contribution is -0.155. The van der Waals surface area contributed by atoms with E-state index in [1.165, 1.54) is 17.8 Å². The summed E-state index contributed by atoms with van der Waals surface area (Å²) in [5.41, 5.74) is 0.768. The first-order valence-electron chi connectivity index (χ1n) is 8.42. The summed E-state index contributed by atoms with van der Waals surface area (Å²) in [5.74, 6) is -1.90. The first kappa shape index (κ1) is 21.1. The first-order valence-corrected chi connectivity index (χ1v) is 9.81. The Bertz CT molecular complexity index is 713. The van der Waals surface area contributed by atoms with Gasteiger partial charge in [-0.3, -0.25) is 9.59 Å². The van der Waals surface area contributed by atoms with Crippen LogP contribution < -0.4 is 9.97 Å². The number of ether oxygens (including phenoxy) is 2. The molecule has 10 heteroatoms. The largest absolute Gasteiger partial charge is 0.547 e. The van der Waals surface area contributed by atoms with Gasteiger partial charge in [0.05, 0.1) is 17.6 Å². The van der Waals surface area contributed by atoms with Crippen LogP contribution in [0.4, 0.5) is 0 Å². The normalized spacial score (nSPS) is 15.6. The van der Waals surface area contributed by atoms with Crippen molar-refractivity contribution in [1.82, 2.24) is 5.32 Å². The van der Waals surface area contributed by atoms with Crippen LogP contribution in [0.5, 0.6) is 5.75 Å². The Balaban J connectivity index is 2.05. The van der Waals surface area contributed by atoms with E-state index in [9.17, 15) is 19.4 Å². The van der Waals surface area contributed by atoms with E-state index in [-0.39, 0.29) is 28.9 Å². The SMILES string of the molecule is CSCC(=O)N[C@H]1Cc2cccc(C(=O)OCOC(=O)C(C)C)c2OB1O. The molecule has 1 aliphatic heterocycles. The average molecular weight is 395 g/mol. The van der Waals surface area contributed by atoms with Crippen molar-refractivity contribution in [3.8, 4) is 5.75 Å². The molecule has 2 rings (SSSR count). The van der Waals surface area contributed by atoms with Crippen LogP contribution in [0.25, 0.3) is 0 Å². The maximum absolute atomic E-state index is 12.3. The molecule has 0 bridgehead atoms. The quantitative estimate of drug-likeness (QED) is 0.396. The van der Waals surface area contributed by atoms with Crippen molar-refractivity contribution < 1.29 is 33.5 Å². The van der Waals surface area contributed by atoms with E-state index in [1.54, 1.807) is 32.2 Å². The van der Waals surface area contributed by atoms with Crippen LogP contribution in [0.15, 0.2) is 18.2 Å². The van der Waals surface area contributed by atoms with Gasteiger partial charge in [-0.2, -0.15) is 11.8 Å². The number of esters is 2. The van der Waals surface area contributed by atoms with Crippen LogP contribution >= 0.6 is 11.8 Å². The number of rotatable bonds is 7. The van der Waals surface area contributed by atoms with Crippen molar-refractivity contribution in [2.45, 2.75) is 26.2 Å². The summed E-state index contributed by atoms with van der Waals surface area (Å²) in [6.07, 6.45) is 2.11. The highest BCUT2D eigenvalue weighted by Gasteiger charge is 2.37. The van der Waals surface area contributed by atoms with Crippen LogP contribution in [0.1, 0.15) is 29.8 Å². The molecule has 0 aliphatic carbocycles. The predicted octanol–water partition coefficient (Wildman–Crippen LogP) is 0.802. The van der Waals surface area contributed by atoms with Gasteiger partial charge >= 0.3 is 19.1 Å². The third kappa shape index (κ3) is 5.64. The Kier molecular flexibility index (Phi) is 7.55. The molecular formula is C17H22BNO7S. The van der Waals surface area contributed by atoms with Crippen LogP contribution in [0.2, 0.25) is 0 Å². The fraction of sp³-hybridized carbons (Fsp3) is 0.471. The number of fused-ring (bicyclic) bond motifs is 1. The van der Waals surface area contributed by atoms with Crippen molar-refractivity contribution >= 4 is 36.7 Å². The van der Waals surface area contributed by atoms with E-state index >= 15 is 0 Å². The minimum Gasteiger partial charge on any atom is -0.534 e. The second-order valence-electron chi connectivity index (χ2n) is 6.28. The molecule has 0 aromatic heterocycles. The standard InChI is InChI=1S/C17H22BNO7S/c1-10(2)16(21)24-9-25-17(22)12-6-4-5-11-7-13(18(23)26-15(11)12)19-14(20)8-27-3/h4-6,10,13,23H,7-9H2,1-3H3,(H,19,20)/t13-/m0/s1. The molecule has 0 spiro atoms. The van der Waals surface area contributed by atoms with Crippen LogP contribution in [0, 0.1) is 5.92 Å². The minimum absolute atomic E-state index is 0.112. The van der Waals surface area contributed by atoms with Crippen LogP contribution in [-0.4, -0.2) is 54.7 Å². The van der Waals surface area contributed by atoms with Gasteiger partial charge in [-0.15, -0.1) is 0 Å². The van der Waals surface area contributed by atoms with Gasteiger partial charge in [0.1, 0.15) is 11.3 Å². The highest BCUT2D eigenvalue weighted by Crippen LogP contribution is 2.30. The Morgan fingerprint density at radius 3 is 2.78 bits per heavy atom. The molecule has 1 amide bonds.